The molecule has 4 aliphatic carbocycles. The molecule has 1 aromatic heterocycles. The van der Waals surface area contributed by atoms with E-state index in [1.54, 1.807) is 18.2 Å². The number of aryl methyl sites for hydroxylation is 1. The summed E-state index contributed by atoms with van der Waals surface area (Å²) in [4.78, 5) is 12.9. The smallest absolute Gasteiger partial charge is 0.266 e. The van der Waals surface area contributed by atoms with E-state index < -0.39 is 5.91 Å². The number of nitrogens with one attached hydrogen (secondary N) is 1. The van der Waals surface area contributed by atoms with Crippen LogP contribution in [0.1, 0.15) is 68.0 Å². The number of anilines is 1. The van der Waals surface area contributed by atoms with Gasteiger partial charge in [0.1, 0.15) is 17.4 Å². The summed E-state index contributed by atoms with van der Waals surface area (Å²) >= 11 is 0. The minimum Gasteiger partial charge on any atom is -0.494 e. The van der Waals surface area contributed by atoms with E-state index in [1.165, 1.54) is 44.1 Å². The van der Waals surface area contributed by atoms with E-state index in [-0.39, 0.29) is 5.57 Å². The molecule has 5 heteroatoms. The molecule has 1 amide bonds. The molecule has 4 fully saturated rings. The van der Waals surface area contributed by atoms with Gasteiger partial charge >= 0.3 is 0 Å². The summed E-state index contributed by atoms with van der Waals surface area (Å²) in [6, 6.07) is 20.6. The van der Waals surface area contributed by atoms with E-state index in [1.807, 2.05) is 32.0 Å². The van der Waals surface area contributed by atoms with Gasteiger partial charge in [-0.15, -0.1) is 0 Å². The highest BCUT2D eigenvalue weighted by Crippen LogP contribution is 2.60. The summed E-state index contributed by atoms with van der Waals surface area (Å²) in [6.07, 6.45) is 10.1. The van der Waals surface area contributed by atoms with Gasteiger partial charge in [0.15, 0.2) is 0 Å². The molecule has 3 aromatic rings. The first kappa shape index (κ1) is 25.5. The molecule has 4 saturated carbocycles. The summed E-state index contributed by atoms with van der Waals surface area (Å²) in [7, 11) is 0. The van der Waals surface area contributed by atoms with Crippen LogP contribution in [-0.4, -0.2) is 17.1 Å². The Morgan fingerprint density at radius 1 is 1.05 bits per heavy atom. The van der Waals surface area contributed by atoms with Crippen LogP contribution in [0.4, 0.5) is 5.69 Å². The van der Waals surface area contributed by atoms with Crippen LogP contribution >= 0.6 is 0 Å². The average Bonchev–Trinajstić information content (AvgIpc) is 3.19. The summed E-state index contributed by atoms with van der Waals surface area (Å²) in [5.41, 5.74) is 6.63. The van der Waals surface area contributed by atoms with Crippen LogP contribution in [0.3, 0.4) is 0 Å². The Labute approximate surface area is 231 Å². The molecule has 0 unspecified atom stereocenters. The Hall–Kier alpha value is -3.78. The molecule has 0 aliphatic heterocycles. The molecular weight excluding hydrogens is 482 g/mol. The lowest BCUT2D eigenvalue weighted by Gasteiger charge is -2.57. The minimum absolute atomic E-state index is 0.0641. The predicted octanol–water partition coefficient (Wildman–Crippen LogP) is 7.51. The number of nitriles is 1. The minimum atomic E-state index is -0.434. The normalized spacial score (nSPS) is 25.4. The van der Waals surface area contributed by atoms with Crippen molar-refractivity contribution in [1.82, 2.24) is 4.57 Å². The van der Waals surface area contributed by atoms with Crippen LogP contribution in [0.25, 0.3) is 11.8 Å². The second-order valence-corrected chi connectivity index (χ2v) is 12.0. The quantitative estimate of drug-likeness (QED) is 0.259. The third-order valence-electron chi connectivity index (χ3n) is 9.31. The highest BCUT2D eigenvalue weighted by atomic mass is 16.5. The lowest BCUT2D eigenvalue weighted by Crippen LogP contribution is -2.48. The van der Waals surface area contributed by atoms with Crippen molar-refractivity contribution in [2.45, 2.75) is 64.7 Å². The highest BCUT2D eigenvalue weighted by molar-refractivity contribution is 6.09. The molecule has 7 rings (SSSR count). The summed E-state index contributed by atoms with van der Waals surface area (Å²) in [5.74, 6) is 3.03. The van der Waals surface area contributed by atoms with Crippen molar-refractivity contribution in [3.05, 3.63) is 82.7 Å². The van der Waals surface area contributed by atoms with Crippen molar-refractivity contribution in [3.8, 4) is 17.5 Å². The molecule has 0 atom stereocenters. The zero-order chi connectivity index (χ0) is 27.1. The lowest BCUT2D eigenvalue weighted by molar-refractivity contribution is -0.112. The van der Waals surface area contributed by atoms with Gasteiger partial charge in [-0.1, -0.05) is 18.2 Å². The number of carbonyl (C=O) groups excluding carboxylic acids is 1. The van der Waals surface area contributed by atoms with E-state index in [4.69, 9.17) is 4.74 Å². The van der Waals surface area contributed by atoms with Crippen molar-refractivity contribution in [2.24, 2.45) is 17.8 Å². The third kappa shape index (κ3) is 4.78. The molecule has 4 aliphatic rings. The van der Waals surface area contributed by atoms with Crippen molar-refractivity contribution >= 4 is 17.7 Å². The molecule has 5 nitrogen and oxygen atoms in total. The van der Waals surface area contributed by atoms with E-state index >= 15 is 0 Å². The monoisotopic (exact) mass is 519 g/mol. The fourth-order valence-corrected chi connectivity index (χ4v) is 8.09. The number of aromatic nitrogens is 1. The maximum Gasteiger partial charge on any atom is 0.266 e. The molecular formula is C34H37N3O2. The summed E-state index contributed by atoms with van der Waals surface area (Å²) in [6.45, 7) is 6.57. The first-order valence-electron chi connectivity index (χ1n) is 14.3. The van der Waals surface area contributed by atoms with Crippen LogP contribution in [0.15, 0.2) is 60.2 Å². The molecule has 0 saturated heterocycles. The van der Waals surface area contributed by atoms with Gasteiger partial charge in [0.25, 0.3) is 5.91 Å². The van der Waals surface area contributed by atoms with Crippen LogP contribution in [0.5, 0.6) is 5.75 Å². The zero-order valence-electron chi connectivity index (χ0n) is 23.2. The number of benzene rings is 2. The number of hydrogen-bond acceptors (Lipinski definition) is 3. The van der Waals surface area contributed by atoms with Crippen molar-refractivity contribution < 1.29 is 9.53 Å². The Morgan fingerprint density at radius 2 is 1.72 bits per heavy atom. The standard InChI is InChI=1S/C34H37N3O2/c1-4-39-32-7-5-6-30(17-32)36-33(38)28(21-35)16-27-12-22(2)37(23(27)3)31-10-8-29(9-11-31)34-18-24-13-25(19-34)15-26(14-24)20-34/h5-12,16-17,24-26H,4,13-15,18-20H2,1-3H3,(H,36,38)/b28-16-. The van der Waals surface area contributed by atoms with Gasteiger partial charge in [-0.25, -0.2) is 0 Å². The van der Waals surface area contributed by atoms with Crippen molar-refractivity contribution in [2.75, 3.05) is 11.9 Å². The van der Waals surface area contributed by atoms with Gasteiger partial charge < -0.3 is 14.6 Å². The Morgan fingerprint density at radius 3 is 2.33 bits per heavy atom. The number of amides is 1. The van der Waals surface area contributed by atoms with E-state index in [0.717, 1.165) is 40.4 Å². The number of carbonyl (C=O) groups is 1. The number of nitrogens with zero attached hydrogens (tertiary/aromatic N) is 2. The van der Waals surface area contributed by atoms with Crippen LogP contribution in [0.2, 0.25) is 0 Å². The summed E-state index contributed by atoms with van der Waals surface area (Å²) in [5, 5.41) is 12.6. The van der Waals surface area contributed by atoms with E-state index in [0.29, 0.717) is 23.5 Å². The second kappa shape index (κ2) is 10.1. The van der Waals surface area contributed by atoms with Crippen molar-refractivity contribution in [1.29, 1.82) is 5.26 Å². The molecule has 4 bridgehead atoms. The fourth-order valence-electron chi connectivity index (χ4n) is 8.09. The average molecular weight is 520 g/mol. The van der Waals surface area contributed by atoms with Gasteiger partial charge in [-0.2, -0.15) is 5.26 Å². The molecule has 0 spiro atoms. The molecule has 39 heavy (non-hydrogen) atoms. The Bertz CT molecular complexity index is 1440. The largest absolute Gasteiger partial charge is 0.494 e. The van der Waals surface area contributed by atoms with Gasteiger partial charge in [0.2, 0.25) is 0 Å². The second-order valence-electron chi connectivity index (χ2n) is 12.0. The molecule has 2 aromatic carbocycles. The van der Waals surface area contributed by atoms with Crippen LogP contribution in [-0.2, 0) is 10.2 Å². The maximum atomic E-state index is 12.9. The summed E-state index contributed by atoms with van der Waals surface area (Å²) < 4.78 is 7.73. The van der Waals surface area contributed by atoms with E-state index in [2.05, 4.69) is 47.1 Å². The molecule has 1 N–H and O–H groups in total. The van der Waals surface area contributed by atoms with Gasteiger partial charge in [-0.3, -0.25) is 4.79 Å². The SMILES string of the molecule is CCOc1cccc(NC(=O)/C(C#N)=C\c2cc(C)n(-c3ccc(C45CC6CC(CC(C6)C4)C5)cc3)c2C)c1. The maximum absolute atomic E-state index is 12.9. The predicted molar refractivity (Wildman–Crippen MR) is 155 cm³/mol. The van der Waals surface area contributed by atoms with Gasteiger partial charge in [0.05, 0.1) is 6.61 Å². The molecule has 0 radical (unpaired) electrons. The third-order valence-corrected chi connectivity index (χ3v) is 9.31. The fraction of sp³-hybridized carbons (Fsp3) is 0.412. The number of hydrogen-bond donors (Lipinski definition) is 1. The Kier molecular flexibility index (Phi) is 6.59. The van der Waals surface area contributed by atoms with Gasteiger partial charge in [0, 0.05) is 28.8 Å². The first-order valence-corrected chi connectivity index (χ1v) is 14.3. The van der Waals surface area contributed by atoms with E-state index in [9.17, 15) is 10.1 Å². The van der Waals surface area contributed by atoms with Crippen LogP contribution < -0.4 is 10.1 Å². The van der Waals surface area contributed by atoms with Crippen LogP contribution in [0, 0.1) is 42.9 Å². The lowest BCUT2D eigenvalue weighted by atomic mass is 9.48. The first-order chi connectivity index (χ1) is 18.9. The highest BCUT2D eigenvalue weighted by Gasteiger charge is 2.51. The number of ether oxygens (including phenoxy) is 1. The zero-order valence-corrected chi connectivity index (χ0v) is 23.2. The molecule has 200 valence electrons. The van der Waals surface area contributed by atoms with Crippen molar-refractivity contribution in [3.63, 3.8) is 0 Å². The molecule has 1 heterocycles. The Balaban J connectivity index is 1.23. The number of rotatable bonds is 7. The topological polar surface area (TPSA) is 67.0 Å². The van der Waals surface area contributed by atoms with Gasteiger partial charge in [-0.05, 0) is 130 Å².